The summed E-state index contributed by atoms with van der Waals surface area (Å²) in [5.74, 6) is -3.03. The highest BCUT2D eigenvalue weighted by Gasteiger charge is 2.39. The van der Waals surface area contributed by atoms with Gasteiger partial charge in [-0.15, -0.1) is 0 Å². The molecule has 0 aromatic carbocycles. The SMILES string of the molecule is NCC1CC(F)(F)CCC1O. The zero-order valence-electron chi connectivity index (χ0n) is 6.26. The standard InChI is InChI=1S/C7H13F2NO/c8-7(9)2-1-6(11)5(3-7)4-10/h5-6,11H,1-4,10H2. The van der Waals surface area contributed by atoms with Gasteiger partial charge in [-0.1, -0.05) is 0 Å². The van der Waals surface area contributed by atoms with Crippen molar-refractivity contribution >= 4 is 0 Å². The largest absolute Gasteiger partial charge is 0.393 e. The highest BCUT2D eigenvalue weighted by atomic mass is 19.3. The monoisotopic (exact) mass is 165 g/mol. The average Bonchev–Trinajstić information content (AvgIpc) is 1.94. The maximum Gasteiger partial charge on any atom is 0.248 e. The second kappa shape index (κ2) is 3.03. The van der Waals surface area contributed by atoms with E-state index in [0.717, 1.165) is 0 Å². The molecular formula is C7H13F2NO. The van der Waals surface area contributed by atoms with E-state index in [9.17, 15) is 13.9 Å². The molecule has 0 aliphatic heterocycles. The lowest BCUT2D eigenvalue weighted by Gasteiger charge is -2.32. The first-order chi connectivity index (χ1) is 5.05. The molecule has 0 aromatic heterocycles. The number of aliphatic hydroxyl groups is 1. The van der Waals surface area contributed by atoms with E-state index in [1.165, 1.54) is 0 Å². The molecule has 2 atom stereocenters. The van der Waals surface area contributed by atoms with Crippen LogP contribution in [-0.4, -0.2) is 23.7 Å². The second-order valence-electron chi connectivity index (χ2n) is 3.16. The van der Waals surface area contributed by atoms with Crippen LogP contribution in [0.4, 0.5) is 8.78 Å². The van der Waals surface area contributed by atoms with E-state index in [2.05, 4.69) is 0 Å². The molecule has 2 unspecified atom stereocenters. The van der Waals surface area contributed by atoms with E-state index in [0.29, 0.717) is 0 Å². The second-order valence-corrected chi connectivity index (χ2v) is 3.16. The van der Waals surface area contributed by atoms with Gasteiger partial charge in [0.05, 0.1) is 6.10 Å². The van der Waals surface area contributed by atoms with Crippen molar-refractivity contribution < 1.29 is 13.9 Å². The molecule has 0 heterocycles. The minimum Gasteiger partial charge on any atom is -0.393 e. The number of hydrogen-bond acceptors (Lipinski definition) is 2. The summed E-state index contributed by atoms with van der Waals surface area (Å²) in [6, 6.07) is 0. The Morgan fingerprint density at radius 3 is 2.64 bits per heavy atom. The third kappa shape index (κ3) is 2.10. The Kier molecular flexibility index (Phi) is 2.44. The summed E-state index contributed by atoms with van der Waals surface area (Å²) in [5, 5.41) is 9.19. The Balaban J connectivity index is 2.51. The van der Waals surface area contributed by atoms with Gasteiger partial charge in [-0.25, -0.2) is 8.78 Å². The summed E-state index contributed by atoms with van der Waals surface area (Å²) in [4.78, 5) is 0. The van der Waals surface area contributed by atoms with Crippen LogP contribution < -0.4 is 5.73 Å². The molecule has 1 fully saturated rings. The van der Waals surface area contributed by atoms with Gasteiger partial charge in [0.2, 0.25) is 5.92 Å². The Bertz CT molecular complexity index is 140. The summed E-state index contributed by atoms with van der Waals surface area (Å²) in [6.07, 6.45) is -0.913. The Morgan fingerprint density at radius 1 is 1.55 bits per heavy atom. The van der Waals surface area contributed by atoms with Gasteiger partial charge in [0.1, 0.15) is 0 Å². The van der Waals surface area contributed by atoms with Gasteiger partial charge in [0.25, 0.3) is 0 Å². The van der Waals surface area contributed by atoms with E-state index in [-0.39, 0.29) is 25.8 Å². The van der Waals surface area contributed by atoms with E-state index in [4.69, 9.17) is 5.73 Å². The van der Waals surface area contributed by atoms with E-state index in [1.807, 2.05) is 0 Å². The van der Waals surface area contributed by atoms with Crippen molar-refractivity contribution in [3.05, 3.63) is 0 Å². The van der Waals surface area contributed by atoms with Gasteiger partial charge in [-0.05, 0) is 13.0 Å². The van der Waals surface area contributed by atoms with Gasteiger partial charge in [0.15, 0.2) is 0 Å². The minimum atomic E-state index is -2.61. The van der Waals surface area contributed by atoms with Crippen LogP contribution in [-0.2, 0) is 0 Å². The van der Waals surface area contributed by atoms with Crippen LogP contribution in [0.25, 0.3) is 0 Å². The van der Waals surface area contributed by atoms with Gasteiger partial charge in [-0.2, -0.15) is 0 Å². The molecule has 66 valence electrons. The summed E-state index contributed by atoms with van der Waals surface area (Å²) >= 11 is 0. The fourth-order valence-corrected chi connectivity index (χ4v) is 1.46. The molecule has 1 rings (SSSR count). The predicted octanol–water partition coefficient (Wildman–Crippen LogP) is 0.741. The smallest absolute Gasteiger partial charge is 0.248 e. The van der Waals surface area contributed by atoms with Crippen molar-refractivity contribution in [3.8, 4) is 0 Å². The number of nitrogens with two attached hydrogens (primary N) is 1. The molecule has 0 radical (unpaired) electrons. The van der Waals surface area contributed by atoms with Gasteiger partial charge >= 0.3 is 0 Å². The lowest BCUT2D eigenvalue weighted by Crippen LogP contribution is -2.39. The predicted molar refractivity (Wildman–Crippen MR) is 37.3 cm³/mol. The van der Waals surface area contributed by atoms with Crippen molar-refractivity contribution in [2.24, 2.45) is 11.7 Å². The highest BCUT2D eigenvalue weighted by Crippen LogP contribution is 2.36. The van der Waals surface area contributed by atoms with Crippen molar-refractivity contribution in [3.63, 3.8) is 0 Å². The average molecular weight is 165 g/mol. The molecule has 1 aliphatic rings. The van der Waals surface area contributed by atoms with Crippen molar-refractivity contribution in [1.29, 1.82) is 0 Å². The van der Waals surface area contributed by atoms with E-state index in [1.54, 1.807) is 0 Å². The first-order valence-corrected chi connectivity index (χ1v) is 3.81. The lowest BCUT2D eigenvalue weighted by molar-refractivity contribution is -0.0893. The fraction of sp³-hybridized carbons (Fsp3) is 1.00. The summed E-state index contributed by atoms with van der Waals surface area (Å²) < 4.78 is 25.3. The van der Waals surface area contributed by atoms with Crippen LogP contribution in [0.2, 0.25) is 0 Å². The van der Waals surface area contributed by atoms with Crippen LogP contribution in [0.1, 0.15) is 19.3 Å². The first-order valence-electron chi connectivity index (χ1n) is 3.81. The zero-order valence-corrected chi connectivity index (χ0v) is 6.26. The van der Waals surface area contributed by atoms with Crippen LogP contribution in [0.3, 0.4) is 0 Å². The third-order valence-corrected chi connectivity index (χ3v) is 2.21. The molecule has 0 aromatic rings. The normalized spacial score (nSPS) is 37.1. The summed E-state index contributed by atoms with van der Waals surface area (Å²) in [7, 11) is 0. The number of halogens is 2. The van der Waals surface area contributed by atoms with E-state index < -0.39 is 17.9 Å². The quantitative estimate of drug-likeness (QED) is 0.602. The topological polar surface area (TPSA) is 46.2 Å². The van der Waals surface area contributed by atoms with Crippen LogP contribution in [0.5, 0.6) is 0 Å². The van der Waals surface area contributed by atoms with Crippen LogP contribution >= 0.6 is 0 Å². The molecule has 3 N–H and O–H groups in total. The van der Waals surface area contributed by atoms with Crippen molar-refractivity contribution in [2.75, 3.05) is 6.54 Å². The number of aliphatic hydroxyl groups excluding tert-OH is 1. The third-order valence-electron chi connectivity index (χ3n) is 2.21. The zero-order chi connectivity index (χ0) is 8.48. The number of rotatable bonds is 1. The molecule has 1 saturated carbocycles. The van der Waals surface area contributed by atoms with Crippen LogP contribution in [0.15, 0.2) is 0 Å². The maximum absolute atomic E-state index is 12.6. The molecule has 4 heteroatoms. The number of hydrogen-bond donors (Lipinski definition) is 2. The van der Waals surface area contributed by atoms with Gasteiger partial charge in [0, 0.05) is 18.8 Å². The summed E-state index contributed by atoms with van der Waals surface area (Å²) in [5.41, 5.74) is 5.22. The molecule has 1 aliphatic carbocycles. The molecule has 0 saturated heterocycles. The highest BCUT2D eigenvalue weighted by molar-refractivity contribution is 4.84. The Hall–Kier alpha value is -0.220. The van der Waals surface area contributed by atoms with Crippen molar-refractivity contribution in [1.82, 2.24) is 0 Å². The van der Waals surface area contributed by atoms with Crippen molar-refractivity contribution in [2.45, 2.75) is 31.3 Å². The van der Waals surface area contributed by atoms with Gasteiger partial charge in [-0.3, -0.25) is 0 Å². The Morgan fingerprint density at radius 2 is 2.18 bits per heavy atom. The minimum absolute atomic E-state index is 0.150. The number of alkyl halides is 2. The Labute approximate surface area is 64.4 Å². The fourth-order valence-electron chi connectivity index (χ4n) is 1.46. The first kappa shape index (κ1) is 8.87. The molecule has 0 bridgehead atoms. The molecule has 2 nitrogen and oxygen atoms in total. The maximum atomic E-state index is 12.6. The van der Waals surface area contributed by atoms with Crippen LogP contribution in [0, 0.1) is 5.92 Å². The van der Waals surface area contributed by atoms with E-state index >= 15 is 0 Å². The molecule has 0 spiro atoms. The molecule has 11 heavy (non-hydrogen) atoms. The summed E-state index contributed by atoms with van der Waals surface area (Å²) in [6.45, 7) is 0.150. The van der Waals surface area contributed by atoms with Gasteiger partial charge < -0.3 is 10.8 Å². The lowest BCUT2D eigenvalue weighted by atomic mass is 9.84. The molecular weight excluding hydrogens is 152 g/mol. The molecule has 0 amide bonds.